The maximum Gasteiger partial charge on any atom is 0.309 e. The van der Waals surface area contributed by atoms with Crippen molar-refractivity contribution in [1.82, 2.24) is 4.31 Å². The van der Waals surface area contributed by atoms with Crippen LogP contribution in [-0.4, -0.2) is 62.1 Å². The van der Waals surface area contributed by atoms with Crippen molar-refractivity contribution < 1.29 is 26.7 Å². The van der Waals surface area contributed by atoms with Gasteiger partial charge >= 0.3 is 5.97 Å². The molecule has 1 atom stereocenters. The van der Waals surface area contributed by atoms with E-state index >= 15 is 0 Å². The summed E-state index contributed by atoms with van der Waals surface area (Å²) >= 11 is 0. The van der Waals surface area contributed by atoms with E-state index in [1.807, 2.05) is 0 Å². The largest absolute Gasteiger partial charge is 0.481 e. The lowest BCUT2D eigenvalue weighted by Gasteiger charge is -2.36. The van der Waals surface area contributed by atoms with Crippen molar-refractivity contribution in [3.8, 4) is 0 Å². The SMILES string of the molecule is CC1(C(=O)O)CCN(S(=O)(=O)C2CCS(=O)(=O)C2)CC1. The van der Waals surface area contributed by atoms with Crippen LogP contribution >= 0.6 is 0 Å². The predicted octanol–water partition coefficient (Wildman–Crippen LogP) is -0.310. The molecule has 2 aliphatic rings. The molecule has 0 amide bonds. The molecule has 2 aliphatic heterocycles. The van der Waals surface area contributed by atoms with Crippen LogP contribution in [0.25, 0.3) is 0 Å². The maximum absolute atomic E-state index is 12.4. The van der Waals surface area contributed by atoms with Gasteiger partial charge in [0.25, 0.3) is 0 Å². The van der Waals surface area contributed by atoms with Crippen molar-refractivity contribution in [2.24, 2.45) is 5.41 Å². The number of carboxylic acids is 1. The van der Waals surface area contributed by atoms with Gasteiger partial charge in [-0.1, -0.05) is 0 Å². The minimum atomic E-state index is -3.65. The molecule has 0 saturated carbocycles. The van der Waals surface area contributed by atoms with E-state index in [2.05, 4.69) is 0 Å². The van der Waals surface area contributed by atoms with Gasteiger partial charge in [0, 0.05) is 13.1 Å². The molecule has 2 fully saturated rings. The lowest BCUT2D eigenvalue weighted by atomic mass is 9.81. The predicted molar refractivity (Wildman–Crippen MR) is 72.5 cm³/mol. The quantitative estimate of drug-likeness (QED) is 0.762. The summed E-state index contributed by atoms with van der Waals surface area (Å²) in [5, 5.41) is 8.25. The fraction of sp³-hybridized carbons (Fsp3) is 0.909. The van der Waals surface area contributed by atoms with Crippen LogP contribution in [0.1, 0.15) is 26.2 Å². The fourth-order valence-corrected chi connectivity index (χ4v) is 7.19. The Morgan fingerprint density at radius 3 is 2.25 bits per heavy atom. The van der Waals surface area contributed by atoms with Gasteiger partial charge in [-0.2, -0.15) is 0 Å². The molecule has 2 heterocycles. The Bertz CT molecular complexity index is 601. The van der Waals surface area contributed by atoms with Crippen LogP contribution in [0.2, 0.25) is 0 Å². The number of piperidine rings is 1. The molecule has 1 unspecified atom stereocenters. The van der Waals surface area contributed by atoms with Gasteiger partial charge in [0.2, 0.25) is 10.0 Å². The van der Waals surface area contributed by atoms with Crippen molar-refractivity contribution in [2.75, 3.05) is 24.6 Å². The van der Waals surface area contributed by atoms with Gasteiger partial charge in [0.15, 0.2) is 9.84 Å². The van der Waals surface area contributed by atoms with Crippen LogP contribution in [0.4, 0.5) is 0 Å². The highest BCUT2D eigenvalue weighted by Gasteiger charge is 2.44. The molecule has 20 heavy (non-hydrogen) atoms. The van der Waals surface area contributed by atoms with Crippen molar-refractivity contribution >= 4 is 25.8 Å². The summed E-state index contributed by atoms with van der Waals surface area (Å²) in [6, 6.07) is 0. The van der Waals surface area contributed by atoms with Gasteiger partial charge in [-0.05, 0) is 26.2 Å². The van der Waals surface area contributed by atoms with E-state index in [-0.39, 0.29) is 43.9 Å². The molecule has 1 N–H and O–H groups in total. The van der Waals surface area contributed by atoms with Crippen LogP contribution in [0, 0.1) is 5.41 Å². The summed E-state index contributed by atoms with van der Waals surface area (Å²) in [5.41, 5.74) is -0.895. The highest BCUT2D eigenvalue weighted by molar-refractivity contribution is 7.95. The lowest BCUT2D eigenvalue weighted by molar-refractivity contribution is -0.150. The molecule has 0 aromatic carbocycles. The normalized spacial score (nSPS) is 30.1. The molecular weight excluding hydrogens is 306 g/mol. The highest BCUT2D eigenvalue weighted by Crippen LogP contribution is 2.33. The first-order chi connectivity index (χ1) is 9.07. The summed E-state index contributed by atoms with van der Waals surface area (Å²) in [5.74, 6) is -1.32. The first-order valence-electron chi connectivity index (χ1n) is 6.50. The van der Waals surface area contributed by atoms with E-state index in [9.17, 15) is 21.6 Å². The molecule has 0 aliphatic carbocycles. The summed E-state index contributed by atoms with van der Waals surface area (Å²) in [6.07, 6.45) is 0.638. The topological polar surface area (TPSA) is 109 Å². The summed E-state index contributed by atoms with van der Waals surface area (Å²) in [7, 11) is -6.90. The number of rotatable bonds is 3. The number of aliphatic carboxylic acids is 1. The Balaban J connectivity index is 2.09. The average Bonchev–Trinajstić information content (AvgIpc) is 2.71. The Kier molecular flexibility index (Phi) is 3.89. The smallest absolute Gasteiger partial charge is 0.309 e. The van der Waals surface area contributed by atoms with Crippen molar-refractivity contribution in [1.29, 1.82) is 0 Å². The minimum Gasteiger partial charge on any atom is -0.481 e. The van der Waals surface area contributed by atoms with Crippen molar-refractivity contribution in [3.05, 3.63) is 0 Å². The van der Waals surface area contributed by atoms with Gasteiger partial charge in [0.05, 0.1) is 22.2 Å². The number of hydrogen-bond acceptors (Lipinski definition) is 5. The second-order valence-electron chi connectivity index (χ2n) is 5.83. The molecule has 0 aromatic heterocycles. The molecule has 0 bridgehead atoms. The standard InChI is InChI=1S/C11H19NO6S2/c1-11(10(13)14)3-5-12(6-4-11)20(17,18)9-2-7-19(15,16)8-9/h9H,2-8H2,1H3,(H,13,14). The summed E-state index contributed by atoms with van der Waals surface area (Å²) in [6.45, 7) is 1.89. The molecule has 116 valence electrons. The number of sulfone groups is 1. The van der Waals surface area contributed by atoms with Gasteiger partial charge < -0.3 is 5.11 Å². The van der Waals surface area contributed by atoms with Crippen molar-refractivity contribution in [3.63, 3.8) is 0 Å². The van der Waals surface area contributed by atoms with Crippen LogP contribution < -0.4 is 0 Å². The van der Waals surface area contributed by atoms with Crippen LogP contribution in [-0.2, 0) is 24.7 Å². The van der Waals surface area contributed by atoms with E-state index in [1.54, 1.807) is 6.92 Å². The Morgan fingerprint density at radius 1 is 1.30 bits per heavy atom. The zero-order valence-corrected chi connectivity index (χ0v) is 12.9. The second-order valence-corrected chi connectivity index (χ2v) is 10.3. The third-order valence-corrected chi connectivity index (χ3v) is 8.62. The van der Waals surface area contributed by atoms with Crippen LogP contribution in [0.5, 0.6) is 0 Å². The molecule has 9 heteroatoms. The summed E-state index contributed by atoms with van der Waals surface area (Å²) < 4.78 is 48.8. The van der Waals surface area contributed by atoms with Crippen molar-refractivity contribution in [2.45, 2.75) is 31.4 Å². The molecular formula is C11H19NO6S2. The third kappa shape index (κ3) is 2.84. The summed E-state index contributed by atoms with van der Waals surface area (Å²) in [4.78, 5) is 11.1. The zero-order chi connectivity index (χ0) is 15.2. The average molecular weight is 325 g/mol. The first kappa shape index (κ1) is 15.7. The Labute approximate surface area is 118 Å². The van der Waals surface area contributed by atoms with E-state index in [4.69, 9.17) is 5.11 Å². The minimum absolute atomic E-state index is 0.0857. The van der Waals surface area contributed by atoms with E-state index in [0.29, 0.717) is 0 Å². The van der Waals surface area contributed by atoms with Crippen LogP contribution in [0.3, 0.4) is 0 Å². The van der Waals surface area contributed by atoms with Gasteiger partial charge in [-0.3, -0.25) is 4.79 Å². The second kappa shape index (κ2) is 4.96. The maximum atomic E-state index is 12.4. The van der Waals surface area contributed by atoms with Crippen LogP contribution in [0.15, 0.2) is 0 Å². The van der Waals surface area contributed by atoms with E-state index in [1.165, 1.54) is 4.31 Å². The third-order valence-electron chi connectivity index (χ3n) is 4.31. The Hall–Kier alpha value is -0.670. The Morgan fingerprint density at radius 2 is 1.85 bits per heavy atom. The van der Waals surface area contributed by atoms with E-state index < -0.39 is 36.5 Å². The zero-order valence-electron chi connectivity index (χ0n) is 11.3. The van der Waals surface area contributed by atoms with Gasteiger partial charge in [-0.15, -0.1) is 0 Å². The molecule has 0 spiro atoms. The number of nitrogens with zero attached hydrogens (tertiary/aromatic N) is 1. The number of carbonyl (C=O) groups is 1. The first-order valence-corrected chi connectivity index (χ1v) is 9.82. The monoisotopic (exact) mass is 325 g/mol. The molecule has 2 rings (SSSR count). The number of carboxylic acid groups (broad SMARTS) is 1. The number of hydrogen-bond donors (Lipinski definition) is 1. The molecule has 2 saturated heterocycles. The lowest BCUT2D eigenvalue weighted by Crippen LogP contribution is -2.48. The molecule has 7 nitrogen and oxygen atoms in total. The number of sulfonamides is 1. The van der Waals surface area contributed by atoms with Gasteiger partial charge in [0.1, 0.15) is 0 Å². The molecule has 0 radical (unpaired) electrons. The van der Waals surface area contributed by atoms with E-state index in [0.717, 1.165) is 0 Å². The highest BCUT2D eigenvalue weighted by atomic mass is 32.2. The fourth-order valence-electron chi connectivity index (χ4n) is 2.65. The van der Waals surface area contributed by atoms with Gasteiger partial charge in [-0.25, -0.2) is 21.1 Å². The molecule has 0 aromatic rings.